The molecule has 2 aliphatic heterocycles. The molecule has 2 fully saturated rings. The highest BCUT2D eigenvalue weighted by Crippen LogP contribution is 2.38. The molecule has 1 amide bonds. The van der Waals surface area contributed by atoms with Crippen molar-refractivity contribution in [1.82, 2.24) is 14.6 Å². The number of nitro groups is 1. The molecule has 0 unspecified atom stereocenters. The molecule has 1 saturated heterocycles. The molecule has 6 rings (SSSR count). The quantitative estimate of drug-likeness (QED) is 0.252. The summed E-state index contributed by atoms with van der Waals surface area (Å²) in [6.07, 6.45) is 6.28. The zero-order chi connectivity index (χ0) is 26.8. The molecular weight excluding hydrogens is 518 g/mol. The molecule has 3 aromatic rings. The van der Waals surface area contributed by atoms with E-state index in [0.29, 0.717) is 35.4 Å². The van der Waals surface area contributed by atoms with Crippen LogP contribution in [0, 0.1) is 22.0 Å². The van der Waals surface area contributed by atoms with Gasteiger partial charge in [-0.25, -0.2) is 0 Å². The average molecular weight is 550 g/mol. The Kier molecular flexibility index (Phi) is 7.34. The van der Waals surface area contributed by atoms with Crippen LogP contribution in [0.15, 0.2) is 42.5 Å². The fourth-order valence-electron chi connectivity index (χ4n) is 5.89. The number of hydrogen-bond acceptors (Lipinski definition) is 9. The topological polar surface area (TPSA) is 110 Å². The number of benzene rings is 2. The molecule has 2 atom stereocenters. The highest BCUT2D eigenvalue weighted by molar-refractivity contribution is 7.13. The Balaban J connectivity index is 0.999. The zero-order valence-electron chi connectivity index (χ0n) is 21.6. The van der Waals surface area contributed by atoms with Gasteiger partial charge < -0.3 is 19.7 Å². The van der Waals surface area contributed by atoms with Crippen LogP contribution in [0.25, 0.3) is 16.2 Å². The third-order valence-corrected chi connectivity index (χ3v) is 8.83. The molecule has 3 aliphatic rings. The van der Waals surface area contributed by atoms with E-state index in [4.69, 9.17) is 13.8 Å². The summed E-state index contributed by atoms with van der Waals surface area (Å²) in [5.74, 6) is 2.62. The first-order valence-corrected chi connectivity index (χ1v) is 14.2. The first kappa shape index (κ1) is 25.6. The van der Waals surface area contributed by atoms with E-state index in [9.17, 15) is 14.9 Å². The Hall–Kier alpha value is -3.70. The van der Waals surface area contributed by atoms with E-state index in [1.165, 1.54) is 47.2 Å². The third-order valence-electron chi connectivity index (χ3n) is 8.01. The van der Waals surface area contributed by atoms with Crippen molar-refractivity contribution in [3.63, 3.8) is 0 Å². The number of anilines is 1. The number of nitrogens with zero attached hydrogens (tertiary/aromatic N) is 4. The van der Waals surface area contributed by atoms with Gasteiger partial charge in [-0.2, -0.15) is 4.37 Å². The average Bonchev–Trinajstić information content (AvgIpc) is 3.70. The predicted molar refractivity (Wildman–Crippen MR) is 150 cm³/mol. The van der Waals surface area contributed by atoms with Gasteiger partial charge in [0.15, 0.2) is 11.5 Å². The molecule has 1 aromatic heterocycles. The van der Waals surface area contributed by atoms with Gasteiger partial charge in [-0.15, -0.1) is 0 Å². The minimum atomic E-state index is -0.485. The van der Waals surface area contributed by atoms with Crippen LogP contribution in [0.3, 0.4) is 0 Å². The van der Waals surface area contributed by atoms with Gasteiger partial charge in [-0.3, -0.25) is 19.8 Å². The minimum absolute atomic E-state index is 0.0291. The number of piperazine rings is 1. The SMILES string of the molecule is O=C(C=Cc1cc2c(cc1[N+](=O)[O-])OCO2)NC[C@H]1CCC[C@@H]1CN1CCN(c2nsc3ccccc23)CC1. The fourth-order valence-corrected chi connectivity index (χ4v) is 6.69. The molecule has 1 aliphatic carbocycles. The van der Waals surface area contributed by atoms with Crippen LogP contribution in [0.1, 0.15) is 24.8 Å². The van der Waals surface area contributed by atoms with Gasteiger partial charge in [0.05, 0.1) is 21.3 Å². The van der Waals surface area contributed by atoms with E-state index in [2.05, 4.69) is 39.4 Å². The minimum Gasteiger partial charge on any atom is -0.454 e. The van der Waals surface area contributed by atoms with Crippen molar-refractivity contribution in [3.05, 3.63) is 58.2 Å². The molecule has 0 bridgehead atoms. The second-order valence-corrected chi connectivity index (χ2v) is 11.1. The lowest BCUT2D eigenvalue weighted by Gasteiger charge is -2.37. The summed E-state index contributed by atoms with van der Waals surface area (Å²) >= 11 is 1.57. The maximum absolute atomic E-state index is 12.6. The molecule has 1 saturated carbocycles. The summed E-state index contributed by atoms with van der Waals surface area (Å²) in [6, 6.07) is 11.3. The summed E-state index contributed by atoms with van der Waals surface area (Å²) in [5, 5.41) is 15.7. The largest absolute Gasteiger partial charge is 0.454 e. The van der Waals surface area contributed by atoms with Crippen LogP contribution in [-0.4, -0.2) is 66.2 Å². The van der Waals surface area contributed by atoms with Gasteiger partial charge in [0.2, 0.25) is 12.7 Å². The van der Waals surface area contributed by atoms with Gasteiger partial charge in [-0.05, 0) is 60.5 Å². The molecule has 1 N–H and O–H groups in total. The van der Waals surface area contributed by atoms with Crippen molar-refractivity contribution in [2.24, 2.45) is 11.8 Å². The first-order chi connectivity index (χ1) is 19.0. The maximum Gasteiger partial charge on any atom is 0.280 e. The number of aromatic nitrogens is 1. The number of carbonyl (C=O) groups excluding carboxylic acids is 1. The maximum atomic E-state index is 12.6. The molecule has 204 valence electrons. The van der Waals surface area contributed by atoms with Crippen LogP contribution < -0.4 is 19.7 Å². The van der Waals surface area contributed by atoms with Crippen LogP contribution in [0.2, 0.25) is 0 Å². The second-order valence-electron chi connectivity index (χ2n) is 10.3. The second kappa shape index (κ2) is 11.2. The Morgan fingerprint density at radius 3 is 2.72 bits per heavy atom. The predicted octanol–water partition coefficient (Wildman–Crippen LogP) is 4.30. The van der Waals surface area contributed by atoms with Crippen LogP contribution >= 0.6 is 11.5 Å². The number of carbonyl (C=O) groups is 1. The number of nitrogens with one attached hydrogen (secondary N) is 1. The Morgan fingerprint density at radius 2 is 1.90 bits per heavy atom. The fraction of sp³-hybridized carbons (Fsp3) is 0.429. The van der Waals surface area contributed by atoms with E-state index >= 15 is 0 Å². The number of hydrogen-bond donors (Lipinski definition) is 1. The lowest BCUT2D eigenvalue weighted by molar-refractivity contribution is -0.385. The summed E-state index contributed by atoms with van der Waals surface area (Å²) in [7, 11) is 0. The lowest BCUT2D eigenvalue weighted by atomic mass is 9.95. The van der Waals surface area contributed by atoms with Crippen LogP contribution in [0.4, 0.5) is 11.5 Å². The summed E-state index contributed by atoms with van der Waals surface area (Å²) in [5.41, 5.74) is 0.185. The Labute approximate surface area is 230 Å². The molecule has 10 nitrogen and oxygen atoms in total. The number of ether oxygens (including phenoxy) is 2. The van der Waals surface area contributed by atoms with Crippen LogP contribution in [-0.2, 0) is 4.79 Å². The highest BCUT2D eigenvalue weighted by atomic mass is 32.1. The standard InChI is InChI=1S/C28H31N5O5S/c34-27(9-8-19-14-24-25(38-18-37-24)15-23(19)33(35)36)29-16-20-4-3-5-21(20)17-31-10-12-32(13-11-31)28-22-6-1-2-7-26(22)39-30-28/h1-2,6-9,14-15,20-21H,3-5,10-13,16-18H2,(H,29,34)/t20-,21-/m1/s1. The van der Waals surface area contributed by atoms with Gasteiger partial charge >= 0.3 is 0 Å². The van der Waals surface area contributed by atoms with Gasteiger partial charge in [0.1, 0.15) is 5.82 Å². The third kappa shape index (κ3) is 5.55. The Morgan fingerprint density at radius 1 is 1.13 bits per heavy atom. The smallest absolute Gasteiger partial charge is 0.280 e. The van der Waals surface area contributed by atoms with Gasteiger partial charge in [0, 0.05) is 50.7 Å². The van der Waals surface area contributed by atoms with Crippen molar-refractivity contribution in [2.45, 2.75) is 19.3 Å². The van der Waals surface area contributed by atoms with Crippen molar-refractivity contribution >= 4 is 45.1 Å². The summed E-state index contributed by atoms with van der Waals surface area (Å²) in [6.45, 7) is 5.66. The normalized spacial score (nSPS) is 21.2. The zero-order valence-corrected chi connectivity index (χ0v) is 22.4. The van der Waals surface area contributed by atoms with Gasteiger partial charge in [0.25, 0.3) is 5.69 Å². The number of nitro benzene ring substituents is 1. The van der Waals surface area contributed by atoms with E-state index in [-0.39, 0.29) is 18.4 Å². The van der Waals surface area contributed by atoms with Crippen molar-refractivity contribution in [3.8, 4) is 11.5 Å². The number of fused-ring (bicyclic) bond motifs is 2. The molecule has 3 heterocycles. The van der Waals surface area contributed by atoms with Crippen molar-refractivity contribution in [2.75, 3.05) is 51.0 Å². The monoisotopic (exact) mass is 549 g/mol. The van der Waals surface area contributed by atoms with E-state index < -0.39 is 4.92 Å². The number of rotatable bonds is 8. The summed E-state index contributed by atoms with van der Waals surface area (Å²) < 4.78 is 16.5. The van der Waals surface area contributed by atoms with E-state index in [0.717, 1.165) is 45.0 Å². The molecule has 2 aromatic carbocycles. The molecule has 0 spiro atoms. The van der Waals surface area contributed by atoms with Gasteiger partial charge in [-0.1, -0.05) is 18.6 Å². The van der Waals surface area contributed by atoms with E-state index in [1.54, 1.807) is 11.5 Å². The van der Waals surface area contributed by atoms with Crippen molar-refractivity contribution < 1.29 is 19.2 Å². The molecule has 11 heteroatoms. The van der Waals surface area contributed by atoms with E-state index in [1.807, 2.05) is 0 Å². The highest BCUT2D eigenvalue weighted by Gasteiger charge is 2.30. The summed E-state index contributed by atoms with van der Waals surface area (Å²) in [4.78, 5) is 28.5. The first-order valence-electron chi connectivity index (χ1n) is 13.4. The van der Waals surface area contributed by atoms with Crippen molar-refractivity contribution in [1.29, 1.82) is 0 Å². The van der Waals surface area contributed by atoms with Crippen LogP contribution in [0.5, 0.6) is 11.5 Å². The Bertz CT molecular complexity index is 1400. The number of amides is 1. The lowest BCUT2D eigenvalue weighted by Crippen LogP contribution is -2.48. The molecule has 0 radical (unpaired) electrons. The molecule has 39 heavy (non-hydrogen) atoms. The molecular formula is C28H31N5O5S.